The molecule has 1 aromatic rings. The number of carbonyl (C=O) groups is 3. The molecule has 30 heavy (non-hydrogen) atoms. The van der Waals surface area contributed by atoms with Crippen LogP contribution in [0.2, 0.25) is 0 Å². The molecule has 0 saturated heterocycles. The zero-order chi connectivity index (χ0) is 23.1. The Morgan fingerprint density at radius 2 is 1.93 bits per heavy atom. The highest BCUT2D eigenvalue weighted by Gasteiger charge is 2.28. The van der Waals surface area contributed by atoms with E-state index in [0.717, 1.165) is 0 Å². The van der Waals surface area contributed by atoms with Crippen molar-refractivity contribution in [2.75, 3.05) is 13.2 Å². The summed E-state index contributed by atoms with van der Waals surface area (Å²) in [7, 11) is 0. The minimum Gasteiger partial charge on any atom is -0.480 e. The van der Waals surface area contributed by atoms with Gasteiger partial charge in [-0.15, -0.1) is 0 Å². The van der Waals surface area contributed by atoms with E-state index in [2.05, 4.69) is 26.1 Å². The van der Waals surface area contributed by atoms with Crippen molar-refractivity contribution in [2.45, 2.75) is 64.3 Å². The molecule has 4 atom stereocenters. The second-order valence-electron chi connectivity index (χ2n) is 6.07. The number of hydrogen-bond donors (Lipinski definition) is 7. The van der Waals surface area contributed by atoms with Crippen LogP contribution in [0.5, 0.6) is 0 Å². The van der Waals surface area contributed by atoms with Crippen LogP contribution in [0.4, 0.5) is 4.79 Å². The van der Waals surface area contributed by atoms with Crippen molar-refractivity contribution in [3.63, 3.8) is 0 Å². The Balaban J connectivity index is 0.00000407. The molecule has 0 aliphatic rings. The van der Waals surface area contributed by atoms with Crippen LogP contribution in [-0.4, -0.2) is 69.2 Å². The normalized spacial score (nSPS) is 14.3. The fraction of sp³-hybridized carbons (Fsp3) is 0.706. The molecule has 13 nitrogen and oxygen atoms in total. The standard InChI is InChI=1S/C15H26N6O7.C2H6/c1-8(24)11(14(25)26)19-15(27)18-10(4-2-3-5-17-7-23)13-20-12(21-28-13)9(16)6-22;1-2/h7-11,22,24H,2-6,16H2,1H3,(H,17,23)(H,25,26)(H2,18,19,27);1-2H3. The monoisotopic (exact) mass is 432 g/mol. The van der Waals surface area contributed by atoms with Gasteiger partial charge in [0.1, 0.15) is 6.04 Å². The molecule has 0 radical (unpaired) electrons. The lowest BCUT2D eigenvalue weighted by atomic mass is 10.1. The van der Waals surface area contributed by atoms with Gasteiger partial charge in [-0.05, 0) is 26.2 Å². The topological polar surface area (TPSA) is 213 Å². The van der Waals surface area contributed by atoms with Gasteiger partial charge in [0.15, 0.2) is 11.9 Å². The number of carboxylic acid groups (broad SMARTS) is 1. The third kappa shape index (κ3) is 9.62. The molecule has 4 unspecified atom stereocenters. The average molecular weight is 432 g/mol. The molecule has 1 heterocycles. The van der Waals surface area contributed by atoms with Crippen molar-refractivity contribution in [3.8, 4) is 0 Å². The quantitative estimate of drug-likeness (QED) is 0.152. The highest BCUT2D eigenvalue weighted by molar-refractivity contribution is 5.83. The SMILES string of the molecule is CC.CC(O)C(NC(=O)NC(CCCCNC=O)c1nc(C(N)CO)no1)C(=O)O. The summed E-state index contributed by atoms with van der Waals surface area (Å²) in [5.74, 6) is -1.31. The molecule has 0 fully saturated rings. The number of rotatable bonds is 13. The van der Waals surface area contributed by atoms with Crippen molar-refractivity contribution < 1.29 is 34.2 Å². The first-order chi connectivity index (χ1) is 14.3. The number of unbranched alkanes of at least 4 members (excludes halogenated alkanes) is 1. The van der Waals surface area contributed by atoms with Crippen LogP contribution in [0.25, 0.3) is 0 Å². The lowest BCUT2D eigenvalue weighted by Crippen LogP contribution is -2.51. The maximum absolute atomic E-state index is 12.2. The number of amides is 3. The Bertz CT molecular complexity index is 640. The molecule has 0 saturated carbocycles. The molecule has 0 spiro atoms. The second-order valence-corrected chi connectivity index (χ2v) is 6.07. The summed E-state index contributed by atoms with van der Waals surface area (Å²) >= 11 is 0. The third-order valence-electron chi connectivity index (χ3n) is 3.77. The van der Waals surface area contributed by atoms with Crippen LogP contribution < -0.4 is 21.7 Å². The van der Waals surface area contributed by atoms with Gasteiger partial charge in [-0.3, -0.25) is 4.79 Å². The van der Waals surface area contributed by atoms with E-state index >= 15 is 0 Å². The number of aliphatic carboxylic acids is 1. The van der Waals surface area contributed by atoms with Crippen molar-refractivity contribution in [2.24, 2.45) is 5.73 Å². The van der Waals surface area contributed by atoms with Gasteiger partial charge in [0.25, 0.3) is 0 Å². The summed E-state index contributed by atoms with van der Waals surface area (Å²) in [5, 5.41) is 38.4. The molecule has 0 aliphatic heterocycles. The van der Waals surface area contributed by atoms with Crippen LogP contribution in [-0.2, 0) is 9.59 Å². The van der Waals surface area contributed by atoms with Gasteiger partial charge in [0.2, 0.25) is 12.3 Å². The number of nitrogens with one attached hydrogen (secondary N) is 3. The molecule has 0 aliphatic carbocycles. The van der Waals surface area contributed by atoms with Gasteiger partial charge in [0, 0.05) is 6.54 Å². The number of carbonyl (C=O) groups excluding carboxylic acids is 2. The van der Waals surface area contributed by atoms with Gasteiger partial charge >= 0.3 is 12.0 Å². The minimum atomic E-state index is -1.50. The number of carboxylic acids is 1. The average Bonchev–Trinajstić information content (AvgIpc) is 3.21. The molecule has 0 aromatic carbocycles. The Kier molecular flexibility index (Phi) is 13.7. The van der Waals surface area contributed by atoms with Crippen LogP contribution >= 0.6 is 0 Å². The van der Waals surface area contributed by atoms with Crippen molar-refractivity contribution >= 4 is 18.4 Å². The maximum Gasteiger partial charge on any atom is 0.328 e. The molecule has 172 valence electrons. The smallest absolute Gasteiger partial charge is 0.328 e. The number of aliphatic hydroxyl groups excluding tert-OH is 2. The highest BCUT2D eigenvalue weighted by Crippen LogP contribution is 2.19. The Hall–Kier alpha value is -2.77. The first kappa shape index (κ1) is 27.2. The number of aliphatic hydroxyl groups is 2. The third-order valence-corrected chi connectivity index (χ3v) is 3.77. The molecule has 3 amide bonds. The van der Waals surface area contributed by atoms with E-state index in [4.69, 9.17) is 20.5 Å². The molecule has 13 heteroatoms. The Morgan fingerprint density at radius 1 is 1.27 bits per heavy atom. The fourth-order valence-electron chi connectivity index (χ4n) is 2.24. The first-order valence-corrected chi connectivity index (χ1v) is 9.65. The second kappa shape index (κ2) is 15.1. The molecule has 8 N–H and O–H groups in total. The lowest BCUT2D eigenvalue weighted by Gasteiger charge is -2.20. The van der Waals surface area contributed by atoms with Gasteiger partial charge in [-0.25, -0.2) is 9.59 Å². The number of nitrogens with zero attached hydrogens (tertiary/aromatic N) is 2. The van der Waals surface area contributed by atoms with Gasteiger partial charge in [-0.2, -0.15) is 4.98 Å². The van der Waals surface area contributed by atoms with Crippen LogP contribution in [0.3, 0.4) is 0 Å². The van der Waals surface area contributed by atoms with Gasteiger partial charge < -0.3 is 41.5 Å². The predicted molar refractivity (Wildman–Crippen MR) is 105 cm³/mol. The summed E-state index contributed by atoms with van der Waals surface area (Å²) in [6.07, 6.45) is 0.783. The van der Waals surface area contributed by atoms with E-state index in [1.54, 1.807) is 0 Å². The molecule has 1 rings (SSSR count). The molecular formula is C17H32N6O7. The largest absolute Gasteiger partial charge is 0.480 e. The fourth-order valence-corrected chi connectivity index (χ4v) is 2.24. The zero-order valence-corrected chi connectivity index (χ0v) is 17.4. The van der Waals surface area contributed by atoms with Gasteiger partial charge in [-0.1, -0.05) is 19.0 Å². The zero-order valence-electron chi connectivity index (χ0n) is 17.4. The van der Waals surface area contributed by atoms with Crippen molar-refractivity contribution in [3.05, 3.63) is 11.7 Å². The molecule has 0 bridgehead atoms. The van der Waals surface area contributed by atoms with Crippen LogP contribution in [0.15, 0.2) is 4.52 Å². The van der Waals surface area contributed by atoms with E-state index in [-0.39, 0.29) is 11.7 Å². The van der Waals surface area contributed by atoms with E-state index in [1.807, 2.05) is 13.8 Å². The number of nitrogens with two attached hydrogens (primary N) is 1. The van der Waals surface area contributed by atoms with Crippen LogP contribution in [0.1, 0.15) is 63.8 Å². The Morgan fingerprint density at radius 3 is 2.47 bits per heavy atom. The first-order valence-electron chi connectivity index (χ1n) is 9.65. The van der Waals surface area contributed by atoms with Gasteiger partial charge in [0.05, 0.1) is 18.8 Å². The lowest BCUT2D eigenvalue weighted by molar-refractivity contribution is -0.141. The number of aromatic nitrogens is 2. The van der Waals surface area contributed by atoms with E-state index in [0.29, 0.717) is 32.2 Å². The van der Waals surface area contributed by atoms with Crippen LogP contribution in [0, 0.1) is 0 Å². The highest BCUT2D eigenvalue weighted by atomic mass is 16.5. The predicted octanol–water partition coefficient (Wildman–Crippen LogP) is -0.821. The summed E-state index contributed by atoms with van der Waals surface area (Å²) < 4.78 is 5.10. The Labute approximate surface area is 174 Å². The minimum absolute atomic E-state index is 0.0290. The van der Waals surface area contributed by atoms with Crippen molar-refractivity contribution in [1.82, 2.24) is 26.1 Å². The number of hydrogen-bond acceptors (Lipinski definition) is 9. The summed E-state index contributed by atoms with van der Waals surface area (Å²) in [5.41, 5.74) is 5.63. The van der Waals surface area contributed by atoms with E-state index in [1.165, 1.54) is 6.92 Å². The maximum atomic E-state index is 12.2. The summed E-state index contributed by atoms with van der Waals surface area (Å²) in [6, 6.07) is -3.98. The molecular weight excluding hydrogens is 400 g/mol. The van der Waals surface area contributed by atoms with E-state index < -0.39 is 42.8 Å². The summed E-state index contributed by atoms with van der Waals surface area (Å²) in [6.45, 7) is 5.27. The summed E-state index contributed by atoms with van der Waals surface area (Å²) in [4.78, 5) is 37.6. The van der Waals surface area contributed by atoms with Crippen molar-refractivity contribution in [1.29, 1.82) is 0 Å². The number of urea groups is 1. The molecule has 1 aromatic heterocycles. The van der Waals surface area contributed by atoms with E-state index in [9.17, 15) is 19.5 Å².